The van der Waals surface area contributed by atoms with E-state index in [4.69, 9.17) is 4.42 Å². The average Bonchev–Trinajstić information content (AvgIpc) is 3.53. The van der Waals surface area contributed by atoms with E-state index in [9.17, 15) is 9.59 Å². The van der Waals surface area contributed by atoms with Gasteiger partial charge in [-0.1, -0.05) is 66.7 Å². The maximum absolute atomic E-state index is 13.4. The minimum atomic E-state index is -0.324. The van der Waals surface area contributed by atoms with Gasteiger partial charge in [0.15, 0.2) is 5.76 Å². The van der Waals surface area contributed by atoms with E-state index in [2.05, 4.69) is 32.1 Å². The summed E-state index contributed by atoms with van der Waals surface area (Å²) >= 11 is 0. The summed E-state index contributed by atoms with van der Waals surface area (Å²) in [6.07, 6.45) is 3.36. The Balaban J connectivity index is 1.18. The molecule has 1 amide bonds. The fraction of sp³-hybridized carbons (Fsp3) is 0.0513. The average molecular weight is 616 g/mol. The van der Waals surface area contributed by atoms with E-state index in [0.29, 0.717) is 17.0 Å². The summed E-state index contributed by atoms with van der Waals surface area (Å²) in [6, 6.07) is 35.2. The Morgan fingerprint density at radius 1 is 0.766 bits per heavy atom. The molecule has 8 nitrogen and oxygen atoms in total. The topological polar surface area (TPSA) is 99.0 Å². The molecule has 0 bridgehead atoms. The largest absolute Gasteiger partial charge is 0.451 e. The summed E-state index contributed by atoms with van der Waals surface area (Å²) in [7, 11) is 0. The first-order chi connectivity index (χ1) is 22.9. The van der Waals surface area contributed by atoms with Gasteiger partial charge < -0.3 is 20.0 Å². The highest BCUT2D eigenvalue weighted by molar-refractivity contribution is 6.52. The van der Waals surface area contributed by atoms with Crippen molar-refractivity contribution in [1.29, 1.82) is 0 Å². The highest BCUT2D eigenvalue weighted by atomic mass is 16.3. The Morgan fingerprint density at radius 3 is 2.23 bits per heavy atom. The summed E-state index contributed by atoms with van der Waals surface area (Å²) in [6.45, 7) is 3.97. The summed E-state index contributed by atoms with van der Waals surface area (Å²) in [5, 5.41) is 12.1. The van der Waals surface area contributed by atoms with Crippen molar-refractivity contribution in [2.75, 3.05) is 21.0 Å². The van der Waals surface area contributed by atoms with E-state index in [0.717, 1.165) is 61.8 Å². The van der Waals surface area contributed by atoms with Crippen LogP contribution in [-0.4, -0.2) is 17.4 Å². The van der Waals surface area contributed by atoms with E-state index in [1.165, 1.54) is 0 Å². The molecule has 8 heteroatoms. The normalized spacial score (nSPS) is 14.0. The van der Waals surface area contributed by atoms with Gasteiger partial charge in [-0.15, -0.1) is 0 Å². The van der Waals surface area contributed by atoms with Crippen LogP contribution in [0.1, 0.15) is 32.8 Å². The maximum Gasteiger partial charge on any atom is 0.291 e. The number of benzene rings is 5. The van der Waals surface area contributed by atoms with Crippen molar-refractivity contribution in [3.63, 3.8) is 0 Å². The number of hydrazone groups is 1. The van der Waals surface area contributed by atoms with Gasteiger partial charge in [0.25, 0.3) is 5.91 Å². The number of nitrogens with zero attached hydrogens (tertiary/aromatic N) is 2. The van der Waals surface area contributed by atoms with Crippen molar-refractivity contribution in [3.8, 4) is 0 Å². The van der Waals surface area contributed by atoms with Gasteiger partial charge in [-0.25, -0.2) is 0 Å². The smallest absolute Gasteiger partial charge is 0.291 e. The van der Waals surface area contributed by atoms with Crippen LogP contribution < -0.4 is 21.0 Å². The zero-order valence-electron chi connectivity index (χ0n) is 25.7. The number of fused-ring (bicyclic) bond motifs is 4. The highest BCUT2D eigenvalue weighted by Crippen LogP contribution is 2.50. The van der Waals surface area contributed by atoms with Crippen LogP contribution in [0.5, 0.6) is 0 Å². The predicted octanol–water partition coefficient (Wildman–Crippen LogP) is 9.24. The zero-order valence-corrected chi connectivity index (χ0v) is 25.7. The predicted molar refractivity (Wildman–Crippen MR) is 189 cm³/mol. The van der Waals surface area contributed by atoms with E-state index in [1.54, 1.807) is 12.1 Å². The molecule has 5 aromatic carbocycles. The van der Waals surface area contributed by atoms with E-state index in [-0.39, 0.29) is 17.5 Å². The van der Waals surface area contributed by atoms with Gasteiger partial charge in [-0.2, -0.15) is 5.10 Å². The number of para-hydroxylation sites is 2. The van der Waals surface area contributed by atoms with Crippen molar-refractivity contribution in [2.45, 2.75) is 13.8 Å². The lowest BCUT2D eigenvalue weighted by Crippen LogP contribution is -2.20. The lowest BCUT2D eigenvalue weighted by Gasteiger charge is -2.35. The van der Waals surface area contributed by atoms with Gasteiger partial charge >= 0.3 is 0 Å². The number of carbonyl (C=O) groups is 2. The van der Waals surface area contributed by atoms with Crippen LogP contribution in [0, 0.1) is 13.8 Å². The van der Waals surface area contributed by atoms with Crippen LogP contribution in [-0.2, 0) is 4.79 Å². The van der Waals surface area contributed by atoms with E-state index >= 15 is 0 Å². The molecule has 6 aromatic rings. The third-order valence-corrected chi connectivity index (χ3v) is 8.50. The molecule has 0 fully saturated rings. The number of allylic oxidation sites excluding steroid dienone is 1. The molecule has 1 aliphatic heterocycles. The first-order valence-corrected chi connectivity index (χ1v) is 15.3. The lowest BCUT2D eigenvalue weighted by molar-refractivity contribution is -0.108. The molecule has 0 radical (unpaired) electrons. The van der Waals surface area contributed by atoms with Gasteiger partial charge in [0, 0.05) is 22.3 Å². The third kappa shape index (κ3) is 5.02. The van der Waals surface area contributed by atoms with Crippen molar-refractivity contribution in [1.82, 2.24) is 0 Å². The Morgan fingerprint density at radius 2 is 1.45 bits per heavy atom. The van der Waals surface area contributed by atoms with Crippen LogP contribution in [0.25, 0.3) is 17.0 Å². The number of nitrogens with one attached hydrogen (secondary N) is 3. The number of hydrogen-bond acceptors (Lipinski definition) is 7. The van der Waals surface area contributed by atoms with Crippen LogP contribution in [0.15, 0.2) is 125 Å². The first kappa shape index (κ1) is 28.1. The molecular formula is C39H29N5O3. The Bertz CT molecular complexity index is 2270. The van der Waals surface area contributed by atoms with Crippen LogP contribution in [0.2, 0.25) is 0 Å². The summed E-state index contributed by atoms with van der Waals surface area (Å²) in [5.41, 5.74) is 13.7. The number of amides is 1. The molecule has 0 atom stereocenters. The number of carbonyl (C=O) groups excluding carboxylic acids is 2. The summed E-state index contributed by atoms with van der Waals surface area (Å²) < 4.78 is 5.83. The fourth-order valence-corrected chi connectivity index (χ4v) is 6.09. The van der Waals surface area contributed by atoms with Gasteiger partial charge in [0.2, 0.25) is 5.78 Å². The molecule has 0 spiro atoms. The molecular weight excluding hydrogens is 586 g/mol. The SMILES string of the molecule is Cc1cc2c(cc1N/N=C1\C(=O)C=Cc3ccccc31)N(c1ccccc1)c1cc(NC(=O)c3cc4ccccc4o3)c(C)cc1N2. The minimum absolute atomic E-state index is 0.152. The standard InChI is InChI=1S/C39H29N5O3/c1-23-18-31-33(21-29(23)41-39(46)37-20-26-11-7-9-15-36(26)47-37)44(27-12-4-3-5-13-27)34-22-30(24(2)19-32(34)40-31)42-43-38-28-14-8-6-10-25(28)16-17-35(38)45/h3-22,40,42H,1-2H3,(H,41,46)/b43-38-. The van der Waals surface area contributed by atoms with Crippen molar-refractivity contribution in [2.24, 2.45) is 5.10 Å². The van der Waals surface area contributed by atoms with Gasteiger partial charge in [0.05, 0.1) is 28.4 Å². The Kier molecular flexibility index (Phi) is 6.69. The molecule has 8 rings (SSSR count). The number of rotatable bonds is 5. The quantitative estimate of drug-likeness (QED) is 0.167. The van der Waals surface area contributed by atoms with Gasteiger partial charge in [-0.05, 0) is 85.1 Å². The molecule has 2 aliphatic rings. The minimum Gasteiger partial charge on any atom is -0.451 e. The van der Waals surface area contributed by atoms with Crippen molar-refractivity contribution < 1.29 is 14.0 Å². The van der Waals surface area contributed by atoms with Crippen molar-refractivity contribution >= 4 is 74.3 Å². The lowest BCUT2D eigenvalue weighted by atomic mass is 9.95. The van der Waals surface area contributed by atoms with Crippen LogP contribution >= 0.6 is 0 Å². The molecule has 0 saturated heterocycles. The summed E-state index contributed by atoms with van der Waals surface area (Å²) in [5.74, 6) is -0.232. The molecule has 228 valence electrons. The molecule has 47 heavy (non-hydrogen) atoms. The summed E-state index contributed by atoms with van der Waals surface area (Å²) in [4.78, 5) is 28.3. The maximum atomic E-state index is 13.4. The highest BCUT2D eigenvalue weighted by Gasteiger charge is 2.27. The number of ketones is 1. The Hall–Kier alpha value is -6.41. The monoisotopic (exact) mass is 615 g/mol. The fourth-order valence-electron chi connectivity index (χ4n) is 6.09. The third-order valence-electron chi connectivity index (χ3n) is 8.50. The molecule has 2 heterocycles. The number of aryl methyl sites for hydroxylation is 2. The Labute approximate surface area is 271 Å². The van der Waals surface area contributed by atoms with Crippen LogP contribution in [0.4, 0.5) is 39.8 Å². The van der Waals surface area contributed by atoms with Crippen LogP contribution in [0.3, 0.4) is 0 Å². The molecule has 1 aliphatic carbocycles. The second-order valence-corrected chi connectivity index (χ2v) is 11.6. The second kappa shape index (κ2) is 11.2. The molecule has 0 saturated carbocycles. The van der Waals surface area contributed by atoms with E-state index in [1.807, 2.05) is 117 Å². The zero-order chi connectivity index (χ0) is 32.1. The first-order valence-electron chi connectivity index (χ1n) is 15.3. The second-order valence-electron chi connectivity index (χ2n) is 11.6. The molecule has 3 N–H and O–H groups in total. The number of hydrogen-bond donors (Lipinski definition) is 3. The van der Waals surface area contributed by atoms with Crippen molar-refractivity contribution in [3.05, 3.63) is 143 Å². The van der Waals surface area contributed by atoms with Gasteiger partial charge in [0.1, 0.15) is 11.3 Å². The molecule has 0 unspecified atom stereocenters. The van der Waals surface area contributed by atoms with E-state index < -0.39 is 0 Å². The number of anilines is 7. The number of furan rings is 1. The molecule has 1 aromatic heterocycles. The van der Waals surface area contributed by atoms with Gasteiger partial charge in [-0.3, -0.25) is 15.0 Å².